The maximum Gasteiger partial charge on any atom is 0.234 e. The summed E-state index contributed by atoms with van der Waals surface area (Å²) in [4.78, 5) is 11.2. The molecule has 16 heavy (non-hydrogen) atoms. The maximum atomic E-state index is 11.2. The first-order chi connectivity index (χ1) is 7.72. The van der Waals surface area contributed by atoms with Crippen LogP contribution in [0.3, 0.4) is 0 Å². The third-order valence-corrected chi connectivity index (χ3v) is 2.29. The predicted octanol–water partition coefficient (Wildman–Crippen LogP) is -0.135. The first-order valence-corrected chi connectivity index (χ1v) is 5.01. The van der Waals surface area contributed by atoms with E-state index in [1.807, 2.05) is 35.7 Å². The van der Waals surface area contributed by atoms with E-state index in [1.165, 1.54) is 0 Å². The number of nitrogens with zero attached hydrogens (tertiary/aromatic N) is 3. The molecule has 0 bridgehead atoms. The molecule has 84 valence electrons. The molecule has 0 aromatic carbocycles. The van der Waals surface area contributed by atoms with Gasteiger partial charge in [0.05, 0.1) is 12.6 Å². The summed E-state index contributed by atoms with van der Waals surface area (Å²) in [5.74, 6) is 0.484. The van der Waals surface area contributed by atoms with Gasteiger partial charge in [-0.2, -0.15) is 0 Å². The van der Waals surface area contributed by atoms with Crippen LogP contribution >= 0.6 is 0 Å². The summed E-state index contributed by atoms with van der Waals surface area (Å²) in [6, 6.07) is 5.41. The molecule has 2 rings (SSSR count). The van der Waals surface area contributed by atoms with Crippen molar-refractivity contribution in [2.24, 2.45) is 5.73 Å². The summed E-state index contributed by atoms with van der Waals surface area (Å²) in [6.45, 7) is 1.82. The van der Waals surface area contributed by atoms with Crippen molar-refractivity contribution < 1.29 is 4.79 Å². The number of fused-ring (bicyclic) bond motifs is 1. The van der Waals surface area contributed by atoms with Crippen LogP contribution in [-0.2, 0) is 4.79 Å². The Labute approximate surface area is 92.5 Å². The fraction of sp³-hybridized carbons (Fsp3) is 0.300. The van der Waals surface area contributed by atoms with Crippen molar-refractivity contribution in [2.75, 3.05) is 6.54 Å². The van der Waals surface area contributed by atoms with E-state index in [1.54, 1.807) is 0 Å². The van der Waals surface area contributed by atoms with Crippen molar-refractivity contribution in [3.05, 3.63) is 30.2 Å². The zero-order chi connectivity index (χ0) is 11.5. The number of pyridine rings is 1. The molecule has 0 radical (unpaired) electrons. The van der Waals surface area contributed by atoms with E-state index in [2.05, 4.69) is 15.5 Å². The predicted molar refractivity (Wildman–Crippen MR) is 58.6 cm³/mol. The highest BCUT2D eigenvalue weighted by atomic mass is 16.1. The minimum Gasteiger partial charge on any atom is -0.345 e. The van der Waals surface area contributed by atoms with Gasteiger partial charge in [-0.05, 0) is 19.1 Å². The van der Waals surface area contributed by atoms with Gasteiger partial charge in [0.2, 0.25) is 5.91 Å². The first kappa shape index (κ1) is 10.6. The number of hydrogen-bond donors (Lipinski definition) is 2. The minimum absolute atomic E-state index is 0.0267. The SMILES string of the molecule is CC(NC(=O)CN)c1nnc2ccccn12. The van der Waals surface area contributed by atoms with Crippen LogP contribution in [0.4, 0.5) is 0 Å². The average molecular weight is 219 g/mol. The van der Waals surface area contributed by atoms with E-state index in [9.17, 15) is 4.79 Å². The lowest BCUT2D eigenvalue weighted by atomic mass is 10.3. The van der Waals surface area contributed by atoms with E-state index in [0.29, 0.717) is 5.82 Å². The second kappa shape index (κ2) is 4.28. The van der Waals surface area contributed by atoms with Gasteiger partial charge < -0.3 is 11.1 Å². The van der Waals surface area contributed by atoms with Crippen LogP contribution < -0.4 is 11.1 Å². The first-order valence-electron chi connectivity index (χ1n) is 5.01. The number of nitrogens with two attached hydrogens (primary N) is 1. The summed E-state index contributed by atoms with van der Waals surface area (Å²) < 4.78 is 1.83. The van der Waals surface area contributed by atoms with E-state index in [-0.39, 0.29) is 18.5 Å². The molecule has 0 aliphatic carbocycles. The van der Waals surface area contributed by atoms with E-state index >= 15 is 0 Å². The van der Waals surface area contributed by atoms with Crippen molar-refractivity contribution in [3.63, 3.8) is 0 Å². The Kier molecular flexibility index (Phi) is 2.82. The maximum absolute atomic E-state index is 11.2. The number of rotatable bonds is 3. The van der Waals surface area contributed by atoms with Crippen LogP contribution in [0.1, 0.15) is 18.8 Å². The van der Waals surface area contributed by atoms with Crippen molar-refractivity contribution in [1.29, 1.82) is 0 Å². The average Bonchev–Trinajstić information content (AvgIpc) is 2.72. The number of nitrogens with one attached hydrogen (secondary N) is 1. The zero-order valence-electron chi connectivity index (χ0n) is 8.92. The van der Waals surface area contributed by atoms with Gasteiger partial charge in [0.15, 0.2) is 11.5 Å². The second-order valence-corrected chi connectivity index (χ2v) is 3.48. The lowest BCUT2D eigenvalue weighted by molar-refractivity contribution is -0.120. The molecule has 1 unspecified atom stereocenters. The summed E-state index contributed by atoms with van der Waals surface area (Å²) in [5.41, 5.74) is 5.99. The van der Waals surface area contributed by atoms with Crippen LogP contribution in [0.25, 0.3) is 5.65 Å². The molecule has 0 aliphatic rings. The van der Waals surface area contributed by atoms with Gasteiger partial charge in [-0.3, -0.25) is 9.20 Å². The number of carbonyl (C=O) groups is 1. The van der Waals surface area contributed by atoms with Crippen LogP contribution in [-0.4, -0.2) is 27.0 Å². The van der Waals surface area contributed by atoms with Gasteiger partial charge in [0.25, 0.3) is 0 Å². The molecule has 0 saturated heterocycles. The Bertz CT molecular complexity index is 507. The molecule has 1 amide bonds. The van der Waals surface area contributed by atoms with Gasteiger partial charge in [-0.15, -0.1) is 10.2 Å². The lowest BCUT2D eigenvalue weighted by Crippen LogP contribution is -2.33. The van der Waals surface area contributed by atoms with Crippen LogP contribution in [0.2, 0.25) is 0 Å². The summed E-state index contributed by atoms with van der Waals surface area (Å²) >= 11 is 0. The van der Waals surface area contributed by atoms with Crippen LogP contribution in [0.15, 0.2) is 24.4 Å². The molecule has 1 atom stereocenters. The summed E-state index contributed by atoms with van der Waals surface area (Å²) in [7, 11) is 0. The van der Waals surface area contributed by atoms with Gasteiger partial charge in [-0.25, -0.2) is 0 Å². The molecule has 0 aliphatic heterocycles. The molecule has 0 fully saturated rings. The van der Waals surface area contributed by atoms with Gasteiger partial charge >= 0.3 is 0 Å². The molecule has 2 heterocycles. The number of hydrogen-bond acceptors (Lipinski definition) is 4. The largest absolute Gasteiger partial charge is 0.345 e. The van der Waals surface area contributed by atoms with Crippen molar-refractivity contribution in [2.45, 2.75) is 13.0 Å². The fourth-order valence-corrected chi connectivity index (χ4v) is 1.52. The molecule has 0 spiro atoms. The minimum atomic E-state index is -0.214. The normalized spacial score (nSPS) is 12.6. The standard InChI is InChI=1S/C10H13N5O/c1-7(12-9(16)6-11)10-14-13-8-4-2-3-5-15(8)10/h2-5,7H,6,11H2,1H3,(H,12,16). The third-order valence-electron chi connectivity index (χ3n) is 2.29. The molecule has 6 heteroatoms. The number of amides is 1. The van der Waals surface area contributed by atoms with Crippen molar-refractivity contribution in [3.8, 4) is 0 Å². The van der Waals surface area contributed by atoms with Crippen molar-refractivity contribution >= 4 is 11.6 Å². The second-order valence-electron chi connectivity index (χ2n) is 3.48. The Hall–Kier alpha value is -1.95. The highest BCUT2D eigenvalue weighted by molar-refractivity contribution is 5.78. The Morgan fingerprint density at radius 3 is 3.12 bits per heavy atom. The van der Waals surface area contributed by atoms with Gasteiger partial charge in [0.1, 0.15) is 0 Å². The highest BCUT2D eigenvalue weighted by Crippen LogP contribution is 2.11. The smallest absolute Gasteiger partial charge is 0.234 e. The molecular weight excluding hydrogens is 206 g/mol. The fourth-order valence-electron chi connectivity index (χ4n) is 1.52. The Morgan fingerprint density at radius 1 is 1.56 bits per heavy atom. The molecule has 0 saturated carbocycles. The molecule has 6 nitrogen and oxygen atoms in total. The van der Waals surface area contributed by atoms with E-state index < -0.39 is 0 Å². The van der Waals surface area contributed by atoms with Gasteiger partial charge in [0, 0.05) is 6.20 Å². The molecule has 2 aromatic rings. The highest BCUT2D eigenvalue weighted by Gasteiger charge is 2.14. The molecule has 2 aromatic heterocycles. The summed E-state index contributed by atoms with van der Waals surface area (Å²) in [6.07, 6.45) is 1.86. The van der Waals surface area contributed by atoms with Crippen LogP contribution in [0, 0.1) is 0 Å². The Morgan fingerprint density at radius 2 is 2.38 bits per heavy atom. The monoisotopic (exact) mass is 219 g/mol. The Balaban J connectivity index is 2.29. The topological polar surface area (TPSA) is 85.3 Å². The number of aromatic nitrogens is 3. The zero-order valence-corrected chi connectivity index (χ0v) is 8.92. The molecular formula is C10H13N5O. The quantitative estimate of drug-likeness (QED) is 0.752. The van der Waals surface area contributed by atoms with Crippen molar-refractivity contribution in [1.82, 2.24) is 19.9 Å². The van der Waals surface area contributed by atoms with Crippen LogP contribution in [0.5, 0.6) is 0 Å². The van der Waals surface area contributed by atoms with Gasteiger partial charge in [-0.1, -0.05) is 6.07 Å². The lowest BCUT2D eigenvalue weighted by Gasteiger charge is -2.10. The third kappa shape index (κ3) is 1.87. The molecule has 3 N–H and O–H groups in total. The van der Waals surface area contributed by atoms with E-state index in [4.69, 9.17) is 5.73 Å². The number of carbonyl (C=O) groups excluding carboxylic acids is 1. The summed E-state index contributed by atoms with van der Waals surface area (Å²) in [5, 5.41) is 10.8. The van der Waals surface area contributed by atoms with E-state index in [0.717, 1.165) is 5.65 Å².